The first-order valence-electron chi connectivity index (χ1n) is 8.59. The molecule has 28 heavy (non-hydrogen) atoms. The summed E-state index contributed by atoms with van der Waals surface area (Å²) >= 11 is 5.99. The zero-order chi connectivity index (χ0) is 20.7. The second-order valence-corrected chi connectivity index (χ2v) is 6.57. The van der Waals surface area contributed by atoms with Crippen LogP contribution in [0.3, 0.4) is 0 Å². The van der Waals surface area contributed by atoms with Crippen molar-refractivity contribution in [2.24, 2.45) is 0 Å². The van der Waals surface area contributed by atoms with E-state index >= 15 is 0 Å². The van der Waals surface area contributed by atoms with Crippen molar-refractivity contribution >= 4 is 23.4 Å². The Morgan fingerprint density at radius 3 is 2.18 bits per heavy atom. The number of nitrogens with one attached hydrogen (secondary N) is 2. The molecule has 8 heteroatoms. The number of carbonyl (C=O) groups is 2. The molecular formula is C20H23ClN2O5. The van der Waals surface area contributed by atoms with Crippen molar-refractivity contribution in [3.63, 3.8) is 0 Å². The summed E-state index contributed by atoms with van der Waals surface area (Å²) in [5, 5.41) is 0.601. The average molecular weight is 407 g/mol. The Morgan fingerprint density at radius 1 is 1.04 bits per heavy atom. The lowest BCUT2D eigenvalue weighted by atomic mass is 10.1. The summed E-state index contributed by atoms with van der Waals surface area (Å²) in [5.41, 5.74) is 6.25. The normalized spacial score (nSPS) is 11.3. The molecule has 0 aliphatic heterocycles. The van der Waals surface area contributed by atoms with Crippen LogP contribution in [-0.4, -0.2) is 31.6 Å². The van der Waals surface area contributed by atoms with E-state index in [9.17, 15) is 9.59 Å². The standard InChI is InChI=1S/C20H23ClN2O5/c1-12-9-15(21)10-13(2)19(12)28-14(3)20(25)23-22-18(24)11-27-17-7-5-16(26-4)6-8-17/h5-10,14H,11H2,1-4H3,(H,22,24)(H,23,25). The minimum atomic E-state index is -0.818. The maximum absolute atomic E-state index is 12.2. The molecule has 2 N–H and O–H groups in total. The maximum Gasteiger partial charge on any atom is 0.279 e. The molecule has 0 bridgehead atoms. The second kappa shape index (κ2) is 9.85. The average Bonchev–Trinajstić information content (AvgIpc) is 2.67. The molecular weight excluding hydrogens is 384 g/mol. The number of benzene rings is 2. The third-order valence-corrected chi connectivity index (χ3v) is 4.06. The van der Waals surface area contributed by atoms with Gasteiger partial charge in [0.05, 0.1) is 7.11 Å². The molecule has 1 unspecified atom stereocenters. The van der Waals surface area contributed by atoms with Crippen molar-refractivity contribution < 1.29 is 23.8 Å². The van der Waals surface area contributed by atoms with E-state index in [4.69, 9.17) is 25.8 Å². The lowest BCUT2D eigenvalue weighted by Crippen LogP contribution is -2.48. The number of ether oxygens (including phenoxy) is 3. The number of amides is 2. The quantitative estimate of drug-likeness (QED) is 0.690. The van der Waals surface area contributed by atoms with Gasteiger partial charge in [0.15, 0.2) is 12.7 Å². The van der Waals surface area contributed by atoms with E-state index in [1.54, 1.807) is 50.4 Å². The summed E-state index contributed by atoms with van der Waals surface area (Å²) in [6.45, 7) is 5.02. The van der Waals surface area contributed by atoms with Crippen LogP contribution >= 0.6 is 11.6 Å². The molecule has 2 rings (SSSR count). The van der Waals surface area contributed by atoms with Crippen LogP contribution in [0, 0.1) is 13.8 Å². The smallest absolute Gasteiger partial charge is 0.279 e. The fraction of sp³-hybridized carbons (Fsp3) is 0.300. The third-order valence-electron chi connectivity index (χ3n) is 3.84. The highest BCUT2D eigenvalue weighted by molar-refractivity contribution is 6.30. The molecule has 0 radical (unpaired) electrons. The first-order chi connectivity index (χ1) is 13.3. The molecule has 150 valence electrons. The number of hydrogen-bond donors (Lipinski definition) is 2. The third kappa shape index (κ3) is 6.06. The van der Waals surface area contributed by atoms with Gasteiger partial charge in [0.2, 0.25) is 0 Å². The Hall–Kier alpha value is -2.93. The Kier molecular flexibility index (Phi) is 7.52. The van der Waals surface area contributed by atoms with E-state index in [1.165, 1.54) is 0 Å². The van der Waals surface area contributed by atoms with Gasteiger partial charge in [0, 0.05) is 5.02 Å². The molecule has 2 aromatic carbocycles. The molecule has 2 aromatic rings. The topological polar surface area (TPSA) is 85.9 Å². The van der Waals surface area contributed by atoms with E-state index in [-0.39, 0.29) is 6.61 Å². The molecule has 0 aromatic heterocycles. The van der Waals surface area contributed by atoms with Gasteiger partial charge < -0.3 is 14.2 Å². The summed E-state index contributed by atoms with van der Waals surface area (Å²) in [4.78, 5) is 24.0. The van der Waals surface area contributed by atoms with Crippen LogP contribution in [0.5, 0.6) is 17.2 Å². The summed E-state index contributed by atoms with van der Waals surface area (Å²) in [6.07, 6.45) is -0.818. The van der Waals surface area contributed by atoms with Gasteiger partial charge in [-0.3, -0.25) is 20.4 Å². The van der Waals surface area contributed by atoms with Gasteiger partial charge in [-0.2, -0.15) is 0 Å². The minimum absolute atomic E-state index is 0.253. The van der Waals surface area contributed by atoms with Crippen LogP contribution in [-0.2, 0) is 9.59 Å². The number of rotatable bonds is 7. The lowest BCUT2D eigenvalue weighted by Gasteiger charge is -2.18. The Bertz CT molecular complexity index is 816. The summed E-state index contributed by atoms with van der Waals surface area (Å²) in [6, 6.07) is 10.3. The molecule has 2 amide bonds. The van der Waals surface area contributed by atoms with Crippen LogP contribution < -0.4 is 25.1 Å². The van der Waals surface area contributed by atoms with Gasteiger partial charge in [-0.05, 0) is 68.3 Å². The predicted molar refractivity (Wildman–Crippen MR) is 106 cm³/mol. The first-order valence-corrected chi connectivity index (χ1v) is 8.97. The largest absolute Gasteiger partial charge is 0.497 e. The zero-order valence-corrected chi connectivity index (χ0v) is 16.9. The van der Waals surface area contributed by atoms with E-state index < -0.39 is 17.9 Å². The van der Waals surface area contributed by atoms with E-state index in [0.717, 1.165) is 11.1 Å². The second-order valence-electron chi connectivity index (χ2n) is 6.13. The fourth-order valence-corrected chi connectivity index (χ4v) is 2.73. The van der Waals surface area contributed by atoms with Crippen molar-refractivity contribution in [3.8, 4) is 17.2 Å². The van der Waals surface area contributed by atoms with Gasteiger partial charge in [0.25, 0.3) is 11.8 Å². The van der Waals surface area contributed by atoms with E-state index in [1.807, 2.05) is 13.8 Å². The summed E-state index contributed by atoms with van der Waals surface area (Å²) in [7, 11) is 1.56. The van der Waals surface area contributed by atoms with Gasteiger partial charge in [-0.15, -0.1) is 0 Å². The first kappa shape index (κ1) is 21.4. The van der Waals surface area contributed by atoms with E-state index in [2.05, 4.69) is 10.9 Å². The Balaban J connectivity index is 1.79. The molecule has 0 spiro atoms. The number of hydrazine groups is 1. The Labute approximate surface area is 168 Å². The number of aryl methyl sites for hydroxylation is 2. The van der Waals surface area contributed by atoms with Gasteiger partial charge >= 0.3 is 0 Å². The molecule has 7 nitrogen and oxygen atoms in total. The van der Waals surface area contributed by atoms with Crippen LogP contribution in [0.15, 0.2) is 36.4 Å². The van der Waals surface area contributed by atoms with Gasteiger partial charge in [0.1, 0.15) is 17.2 Å². The molecule has 0 fully saturated rings. The van der Waals surface area contributed by atoms with Crippen LogP contribution in [0.1, 0.15) is 18.1 Å². The lowest BCUT2D eigenvalue weighted by molar-refractivity contribution is -0.133. The maximum atomic E-state index is 12.2. The fourth-order valence-electron chi connectivity index (χ4n) is 2.40. The van der Waals surface area contributed by atoms with Crippen LogP contribution in [0.2, 0.25) is 5.02 Å². The number of carbonyl (C=O) groups excluding carboxylic acids is 2. The predicted octanol–water partition coefficient (Wildman–Crippen LogP) is 2.96. The van der Waals surface area contributed by atoms with Crippen molar-refractivity contribution in [2.75, 3.05) is 13.7 Å². The monoisotopic (exact) mass is 406 g/mol. The minimum Gasteiger partial charge on any atom is -0.497 e. The number of halogens is 1. The van der Waals surface area contributed by atoms with Crippen LogP contribution in [0.25, 0.3) is 0 Å². The summed E-state index contributed by atoms with van der Waals surface area (Å²) in [5.74, 6) is 0.778. The molecule has 0 saturated heterocycles. The Morgan fingerprint density at radius 2 is 1.61 bits per heavy atom. The number of hydrogen-bond acceptors (Lipinski definition) is 5. The zero-order valence-electron chi connectivity index (χ0n) is 16.2. The highest BCUT2D eigenvalue weighted by atomic mass is 35.5. The van der Waals surface area contributed by atoms with Gasteiger partial charge in [-0.1, -0.05) is 11.6 Å². The molecule has 0 saturated carbocycles. The molecule has 1 atom stereocenters. The summed E-state index contributed by atoms with van der Waals surface area (Å²) < 4.78 is 16.1. The highest BCUT2D eigenvalue weighted by Gasteiger charge is 2.18. The van der Waals surface area contributed by atoms with Crippen molar-refractivity contribution in [3.05, 3.63) is 52.5 Å². The van der Waals surface area contributed by atoms with Crippen molar-refractivity contribution in [2.45, 2.75) is 26.9 Å². The molecule has 0 aliphatic rings. The van der Waals surface area contributed by atoms with E-state index in [0.29, 0.717) is 22.3 Å². The van der Waals surface area contributed by atoms with Gasteiger partial charge in [-0.25, -0.2) is 0 Å². The SMILES string of the molecule is COc1ccc(OCC(=O)NNC(=O)C(C)Oc2c(C)cc(Cl)cc2C)cc1. The molecule has 0 aliphatic carbocycles. The number of methoxy groups -OCH3 is 1. The molecule has 0 heterocycles. The van der Waals surface area contributed by atoms with Crippen molar-refractivity contribution in [1.29, 1.82) is 0 Å². The van der Waals surface area contributed by atoms with Crippen molar-refractivity contribution in [1.82, 2.24) is 10.9 Å². The van der Waals surface area contributed by atoms with Crippen LogP contribution in [0.4, 0.5) is 0 Å². The highest BCUT2D eigenvalue weighted by Crippen LogP contribution is 2.27.